The van der Waals surface area contributed by atoms with Crippen LogP contribution in [0.2, 0.25) is 0 Å². The Labute approximate surface area is 120 Å². The lowest BCUT2D eigenvalue weighted by Crippen LogP contribution is -2.40. The number of aromatic nitrogens is 1. The maximum absolute atomic E-state index is 11.7. The van der Waals surface area contributed by atoms with Crippen LogP contribution < -0.4 is 16.1 Å². The summed E-state index contributed by atoms with van der Waals surface area (Å²) in [7, 11) is 0. The summed E-state index contributed by atoms with van der Waals surface area (Å²) in [5.74, 6) is -2.15. The largest absolute Gasteiger partial charge is 0.480 e. The van der Waals surface area contributed by atoms with Crippen molar-refractivity contribution in [3.63, 3.8) is 0 Å². The molecule has 0 atom stereocenters. The summed E-state index contributed by atoms with van der Waals surface area (Å²) in [6, 6.07) is 2.83. The number of rotatable bonds is 6. The van der Waals surface area contributed by atoms with Gasteiger partial charge in [-0.15, -0.1) is 0 Å². The minimum absolute atomic E-state index is 0.0237. The first-order valence-corrected chi connectivity index (χ1v) is 6.23. The second-order valence-electron chi connectivity index (χ2n) is 4.51. The minimum atomic E-state index is -1.16. The second kappa shape index (κ2) is 7.22. The molecule has 0 aromatic carbocycles. The average Bonchev–Trinajstić information content (AvgIpc) is 2.38. The fourth-order valence-electron chi connectivity index (χ4n) is 1.75. The second-order valence-corrected chi connectivity index (χ2v) is 4.51. The van der Waals surface area contributed by atoms with E-state index in [4.69, 9.17) is 5.11 Å². The van der Waals surface area contributed by atoms with Crippen molar-refractivity contribution in [2.45, 2.75) is 20.4 Å². The van der Waals surface area contributed by atoms with Gasteiger partial charge < -0.3 is 20.3 Å². The van der Waals surface area contributed by atoms with Crippen LogP contribution in [0.25, 0.3) is 0 Å². The van der Waals surface area contributed by atoms with Crippen LogP contribution in [0.3, 0.4) is 0 Å². The van der Waals surface area contributed by atoms with E-state index in [1.807, 2.05) is 0 Å². The molecule has 114 valence electrons. The van der Waals surface area contributed by atoms with Crippen molar-refractivity contribution in [1.82, 2.24) is 15.2 Å². The maximum Gasteiger partial charge on any atom is 0.322 e. The molecule has 8 heteroatoms. The van der Waals surface area contributed by atoms with Gasteiger partial charge in [0.15, 0.2) is 5.43 Å². The molecule has 3 N–H and O–H groups in total. The van der Waals surface area contributed by atoms with Crippen LogP contribution in [0.1, 0.15) is 11.4 Å². The predicted molar refractivity (Wildman–Crippen MR) is 73.8 cm³/mol. The van der Waals surface area contributed by atoms with Crippen molar-refractivity contribution in [3.05, 3.63) is 33.7 Å². The molecule has 21 heavy (non-hydrogen) atoms. The van der Waals surface area contributed by atoms with Gasteiger partial charge in [0.05, 0.1) is 6.54 Å². The molecule has 0 bridgehead atoms. The normalized spacial score (nSPS) is 10.0. The number of hydrogen-bond acceptors (Lipinski definition) is 4. The molecule has 0 spiro atoms. The zero-order valence-corrected chi connectivity index (χ0v) is 11.8. The molecule has 0 aliphatic heterocycles. The average molecular weight is 295 g/mol. The van der Waals surface area contributed by atoms with Crippen LogP contribution in [-0.2, 0) is 20.9 Å². The number of carbonyl (C=O) groups is 3. The number of aryl methyl sites for hydroxylation is 2. The Morgan fingerprint density at radius 1 is 1.05 bits per heavy atom. The van der Waals surface area contributed by atoms with E-state index < -0.39 is 24.3 Å². The molecular weight excluding hydrogens is 278 g/mol. The van der Waals surface area contributed by atoms with Crippen molar-refractivity contribution < 1.29 is 19.5 Å². The van der Waals surface area contributed by atoms with Crippen LogP contribution in [0.5, 0.6) is 0 Å². The molecule has 0 saturated carbocycles. The van der Waals surface area contributed by atoms with Gasteiger partial charge in [-0.1, -0.05) is 0 Å². The Hall–Kier alpha value is -2.64. The monoisotopic (exact) mass is 295 g/mol. The number of nitrogens with zero attached hydrogens (tertiary/aromatic N) is 1. The summed E-state index contributed by atoms with van der Waals surface area (Å²) in [6.07, 6.45) is 0. The van der Waals surface area contributed by atoms with Crippen molar-refractivity contribution in [1.29, 1.82) is 0 Å². The van der Waals surface area contributed by atoms with E-state index in [0.717, 1.165) is 0 Å². The third kappa shape index (κ3) is 5.47. The maximum atomic E-state index is 11.7. The van der Waals surface area contributed by atoms with Crippen molar-refractivity contribution >= 4 is 17.8 Å². The number of nitrogens with one attached hydrogen (secondary N) is 2. The van der Waals surface area contributed by atoms with Gasteiger partial charge in [0.25, 0.3) is 0 Å². The molecule has 0 saturated heterocycles. The summed E-state index contributed by atoms with van der Waals surface area (Å²) >= 11 is 0. The van der Waals surface area contributed by atoms with Gasteiger partial charge >= 0.3 is 5.97 Å². The lowest BCUT2D eigenvalue weighted by atomic mass is 10.3. The molecule has 0 fully saturated rings. The highest BCUT2D eigenvalue weighted by molar-refractivity contribution is 5.86. The summed E-state index contributed by atoms with van der Waals surface area (Å²) in [5.41, 5.74) is 1.16. The quantitative estimate of drug-likeness (QED) is 0.608. The number of carbonyl (C=O) groups excluding carboxylic acids is 2. The van der Waals surface area contributed by atoms with E-state index in [2.05, 4.69) is 10.6 Å². The number of carboxylic acid groups (broad SMARTS) is 1. The lowest BCUT2D eigenvalue weighted by molar-refractivity contribution is -0.137. The first-order valence-electron chi connectivity index (χ1n) is 6.23. The molecule has 0 unspecified atom stereocenters. The van der Waals surface area contributed by atoms with E-state index >= 15 is 0 Å². The van der Waals surface area contributed by atoms with E-state index in [1.54, 1.807) is 18.4 Å². The first kappa shape index (κ1) is 16.4. The standard InChI is InChI=1S/C13H17N3O5/c1-8-3-10(17)4-9(2)16(8)7-12(19)14-5-11(18)15-6-13(20)21/h3-4H,5-7H2,1-2H3,(H,14,19)(H,15,18)(H,20,21). The third-order valence-corrected chi connectivity index (χ3v) is 2.74. The number of pyridine rings is 1. The number of hydrogen-bond donors (Lipinski definition) is 3. The van der Waals surface area contributed by atoms with Gasteiger partial charge in [-0.3, -0.25) is 19.2 Å². The van der Waals surface area contributed by atoms with E-state index in [9.17, 15) is 19.2 Å². The van der Waals surface area contributed by atoms with E-state index in [-0.39, 0.29) is 18.5 Å². The van der Waals surface area contributed by atoms with E-state index in [1.165, 1.54) is 12.1 Å². The van der Waals surface area contributed by atoms with Crippen molar-refractivity contribution in [2.75, 3.05) is 13.1 Å². The lowest BCUT2D eigenvalue weighted by Gasteiger charge is -2.13. The number of carboxylic acids is 1. The van der Waals surface area contributed by atoms with Gasteiger partial charge in [0.1, 0.15) is 13.1 Å². The third-order valence-electron chi connectivity index (χ3n) is 2.74. The Morgan fingerprint density at radius 3 is 2.10 bits per heavy atom. The van der Waals surface area contributed by atoms with Crippen molar-refractivity contribution in [2.24, 2.45) is 0 Å². The Balaban J connectivity index is 2.53. The van der Waals surface area contributed by atoms with Gasteiger partial charge in [0, 0.05) is 23.5 Å². The molecule has 2 amide bonds. The molecule has 0 aliphatic rings. The molecule has 1 heterocycles. The highest BCUT2D eigenvalue weighted by atomic mass is 16.4. The predicted octanol–water partition coefficient (Wildman–Crippen LogP) is -1.22. The van der Waals surface area contributed by atoms with Gasteiger partial charge in [0.2, 0.25) is 11.8 Å². The first-order chi connectivity index (χ1) is 9.79. The fraction of sp³-hybridized carbons (Fsp3) is 0.385. The van der Waals surface area contributed by atoms with Crippen LogP contribution >= 0.6 is 0 Å². The highest BCUT2D eigenvalue weighted by Gasteiger charge is 2.09. The topological polar surface area (TPSA) is 118 Å². The summed E-state index contributed by atoms with van der Waals surface area (Å²) in [6.45, 7) is 2.60. The van der Waals surface area contributed by atoms with Crippen LogP contribution in [-0.4, -0.2) is 40.5 Å². The van der Waals surface area contributed by atoms with Gasteiger partial charge in [-0.2, -0.15) is 0 Å². The zero-order chi connectivity index (χ0) is 16.0. The summed E-state index contributed by atoms with van der Waals surface area (Å²) in [5, 5.41) is 12.9. The van der Waals surface area contributed by atoms with Gasteiger partial charge in [-0.05, 0) is 13.8 Å². The van der Waals surface area contributed by atoms with E-state index in [0.29, 0.717) is 11.4 Å². The van der Waals surface area contributed by atoms with Gasteiger partial charge in [-0.25, -0.2) is 0 Å². The van der Waals surface area contributed by atoms with Crippen LogP contribution in [0.15, 0.2) is 16.9 Å². The summed E-state index contributed by atoms with van der Waals surface area (Å²) in [4.78, 5) is 44.5. The smallest absolute Gasteiger partial charge is 0.322 e. The zero-order valence-electron chi connectivity index (χ0n) is 11.8. The molecule has 1 rings (SSSR count). The van der Waals surface area contributed by atoms with Crippen LogP contribution in [0.4, 0.5) is 0 Å². The molecule has 8 nitrogen and oxygen atoms in total. The minimum Gasteiger partial charge on any atom is -0.480 e. The molecular formula is C13H17N3O5. The molecule has 0 aliphatic carbocycles. The fourth-order valence-corrected chi connectivity index (χ4v) is 1.75. The number of amides is 2. The van der Waals surface area contributed by atoms with Crippen LogP contribution in [0, 0.1) is 13.8 Å². The molecule has 0 radical (unpaired) electrons. The Morgan fingerprint density at radius 2 is 1.57 bits per heavy atom. The molecule has 1 aromatic rings. The SMILES string of the molecule is Cc1cc(=O)cc(C)n1CC(=O)NCC(=O)NCC(=O)O. The molecule has 1 aromatic heterocycles. The number of aliphatic carboxylic acids is 1. The summed E-state index contributed by atoms with van der Waals surface area (Å²) < 4.78 is 1.64. The highest BCUT2D eigenvalue weighted by Crippen LogP contribution is 2.00. The van der Waals surface area contributed by atoms with Crippen molar-refractivity contribution in [3.8, 4) is 0 Å². The Bertz CT molecular complexity index is 594. The Kier molecular flexibility index (Phi) is 5.65.